The number of hydrogen-bond acceptors (Lipinski definition) is 3. The smallest absolute Gasteiger partial charge is 0.127 e. The molecule has 18 heavy (non-hydrogen) atoms. The first-order chi connectivity index (χ1) is 8.74. The molecule has 3 rings (SSSR count). The molecule has 3 heterocycles. The van der Waals surface area contributed by atoms with Gasteiger partial charge < -0.3 is 9.88 Å². The van der Waals surface area contributed by atoms with E-state index in [-0.39, 0.29) is 0 Å². The van der Waals surface area contributed by atoms with Crippen LogP contribution in [0, 0.1) is 5.92 Å². The fourth-order valence-electron chi connectivity index (χ4n) is 2.94. The molecule has 1 aromatic heterocycles. The van der Waals surface area contributed by atoms with E-state index in [1.54, 1.807) is 0 Å². The van der Waals surface area contributed by atoms with Gasteiger partial charge >= 0.3 is 0 Å². The first-order valence-corrected chi connectivity index (χ1v) is 7.70. The zero-order chi connectivity index (χ0) is 12.5. The van der Waals surface area contributed by atoms with Crippen molar-refractivity contribution in [2.24, 2.45) is 5.92 Å². The van der Waals surface area contributed by atoms with E-state index in [4.69, 9.17) is 4.98 Å². The standard InChI is InChI=1S/C13H21BrN4/c1-10-2-5-18-11(8-10)13(14)16-12(18)9-17-6-3-15-4-7-17/h10,15H,2-9H2,1H3. The van der Waals surface area contributed by atoms with Crippen LogP contribution in [0.15, 0.2) is 4.60 Å². The number of rotatable bonds is 2. The second-order valence-electron chi connectivity index (χ2n) is 5.54. The third-order valence-corrected chi connectivity index (χ3v) is 4.70. The van der Waals surface area contributed by atoms with Crippen molar-refractivity contribution in [1.82, 2.24) is 19.8 Å². The molecule has 0 radical (unpaired) electrons. The number of halogens is 1. The number of nitrogens with one attached hydrogen (secondary N) is 1. The molecular formula is C13H21BrN4. The van der Waals surface area contributed by atoms with Gasteiger partial charge in [0.25, 0.3) is 0 Å². The topological polar surface area (TPSA) is 33.1 Å². The van der Waals surface area contributed by atoms with Crippen LogP contribution in [0.3, 0.4) is 0 Å². The largest absolute Gasteiger partial charge is 0.330 e. The van der Waals surface area contributed by atoms with Crippen LogP contribution in [0.5, 0.6) is 0 Å². The molecule has 1 saturated heterocycles. The van der Waals surface area contributed by atoms with Crippen LogP contribution in [-0.2, 0) is 19.5 Å². The maximum absolute atomic E-state index is 4.74. The summed E-state index contributed by atoms with van der Waals surface area (Å²) in [5.41, 5.74) is 1.40. The van der Waals surface area contributed by atoms with Crippen LogP contribution in [0.25, 0.3) is 0 Å². The highest BCUT2D eigenvalue weighted by Gasteiger charge is 2.23. The van der Waals surface area contributed by atoms with Crippen molar-refractivity contribution < 1.29 is 0 Å². The fraction of sp³-hybridized carbons (Fsp3) is 0.769. The van der Waals surface area contributed by atoms with Crippen molar-refractivity contribution in [3.8, 4) is 0 Å². The highest BCUT2D eigenvalue weighted by atomic mass is 79.9. The van der Waals surface area contributed by atoms with E-state index in [0.717, 1.165) is 56.2 Å². The highest BCUT2D eigenvalue weighted by Crippen LogP contribution is 2.28. The normalized spacial score (nSPS) is 25.1. The van der Waals surface area contributed by atoms with Crippen molar-refractivity contribution >= 4 is 15.9 Å². The molecule has 0 spiro atoms. The van der Waals surface area contributed by atoms with E-state index < -0.39 is 0 Å². The van der Waals surface area contributed by atoms with Crippen LogP contribution in [0.2, 0.25) is 0 Å². The minimum absolute atomic E-state index is 0.789. The fourth-order valence-corrected chi connectivity index (χ4v) is 3.52. The number of hydrogen-bond donors (Lipinski definition) is 1. The number of nitrogens with zero attached hydrogens (tertiary/aromatic N) is 3. The molecule has 5 heteroatoms. The molecule has 1 atom stereocenters. The molecule has 0 saturated carbocycles. The molecule has 1 N–H and O–H groups in total. The summed E-state index contributed by atoms with van der Waals surface area (Å²) in [6.45, 7) is 8.94. The maximum Gasteiger partial charge on any atom is 0.127 e. The monoisotopic (exact) mass is 312 g/mol. The minimum Gasteiger partial charge on any atom is -0.330 e. The van der Waals surface area contributed by atoms with E-state index in [2.05, 4.69) is 37.6 Å². The predicted octanol–water partition coefficient (Wildman–Crippen LogP) is 1.63. The molecule has 2 aliphatic heterocycles. The Balaban J connectivity index is 1.78. The van der Waals surface area contributed by atoms with Gasteiger partial charge in [0.1, 0.15) is 10.4 Å². The Morgan fingerprint density at radius 1 is 1.33 bits per heavy atom. The van der Waals surface area contributed by atoms with Crippen molar-refractivity contribution in [3.05, 3.63) is 16.1 Å². The van der Waals surface area contributed by atoms with Crippen LogP contribution in [0.4, 0.5) is 0 Å². The molecule has 2 aliphatic rings. The summed E-state index contributed by atoms with van der Waals surface area (Å²) in [6.07, 6.45) is 2.44. The molecular weight excluding hydrogens is 292 g/mol. The molecule has 0 bridgehead atoms. The Bertz CT molecular complexity index is 423. The van der Waals surface area contributed by atoms with Crippen LogP contribution >= 0.6 is 15.9 Å². The molecule has 4 nitrogen and oxygen atoms in total. The van der Waals surface area contributed by atoms with Crippen LogP contribution in [0.1, 0.15) is 24.9 Å². The zero-order valence-electron chi connectivity index (χ0n) is 11.0. The van der Waals surface area contributed by atoms with Gasteiger partial charge in [-0.3, -0.25) is 4.90 Å². The van der Waals surface area contributed by atoms with Gasteiger partial charge in [-0.1, -0.05) is 6.92 Å². The number of piperazine rings is 1. The molecule has 100 valence electrons. The number of fused-ring (bicyclic) bond motifs is 1. The van der Waals surface area contributed by atoms with Crippen molar-refractivity contribution in [2.45, 2.75) is 32.9 Å². The summed E-state index contributed by atoms with van der Waals surface area (Å²) in [5.74, 6) is 2.03. The molecule has 1 fully saturated rings. The Morgan fingerprint density at radius 2 is 2.11 bits per heavy atom. The number of aromatic nitrogens is 2. The van der Waals surface area contributed by atoms with Gasteiger partial charge in [0.2, 0.25) is 0 Å². The average Bonchev–Trinajstić information content (AvgIpc) is 2.67. The lowest BCUT2D eigenvalue weighted by molar-refractivity contribution is 0.223. The van der Waals surface area contributed by atoms with Gasteiger partial charge in [-0.15, -0.1) is 0 Å². The van der Waals surface area contributed by atoms with Crippen molar-refractivity contribution in [3.63, 3.8) is 0 Å². The Hall–Kier alpha value is -0.390. The second-order valence-corrected chi connectivity index (χ2v) is 6.29. The van der Waals surface area contributed by atoms with Crippen molar-refractivity contribution in [1.29, 1.82) is 0 Å². The lowest BCUT2D eigenvalue weighted by atomic mass is 9.99. The molecule has 0 aromatic carbocycles. The summed E-state index contributed by atoms with van der Waals surface area (Å²) in [6, 6.07) is 0. The van der Waals surface area contributed by atoms with Gasteiger partial charge in [-0.25, -0.2) is 4.98 Å². The summed E-state index contributed by atoms with van der Waals surface area (Å²) < 4.78 is 3.51. The maximum atomic E-state index is 4.74. The second kappa shape index (κ2) is 5.31. The lowest BCUT2D eigenvalue weighted by Gasteiger charge is -2.28. The quantitative estimate of drug-likeness (QED) is 0.901. The Morgan fingerprint density at radius 3 is 2.89 bits per heavy atom. The summed E-state index contributed by atoms with van der Waals surface area (Å²) in [7, 11) is 0. The minimum atomic E-state index is 0.789. The molecule has 0 aliphatic carbocycles. The SMILES string of the molecule is CC1CCn2c(CN3CCNCC3)nc(Br)c2C1. The first kappa shape index (κ1) is 12.6. The average molecular weight is 313 g/mol. The zero-order valence-corrected chi connectivity index (χ0v) is 12.5. The van der Waals surface area contributed by atoms with E-state index in [0.29, 0.717) is 0 Å². The molecule has 1 aromatic rings. The van der Waals surface area contributed by atoms with Crippen LogP contribution in [-0.4, -0.2) is 40.6 Å². The van der Waals surface area contributed by atoms with E-state index in [1.165, 1.54) is 17.9 Å². The Labute approximate surface area is 117 Å². The third kappa shape index (κ3) is 2.49. The number of imidazole rings is 1. The van der Waals surface area contributed by atoms with Gasteiger partial charge in [0.05, 0.1) is 12.2 Å². The summed E-state index contributed by atoms with van der Waals surface area (Å²) in [4.78, 5) is 7.23. The van der Waals surface area contributed by atoms with Gasteiger partial charge in [-0.05, 0) is 34.7 Å². The van der Waals surface area contributed by atoms with E-state index in [1.807, 2.05) is 0 Å². The van der Waals surface area contributed by atoms with Gasteiger partial charge in [0, 0.05) is 32.7 Å². The Kier molecular flexibility index (Phi) is 3.73. The highest BCUT2D eigenvalue weighted by molar-refractivity contribution is 9.10. The van der Waals surface area contributed by atoms with Gasteiger partial charge in [0.15, 0.2) is 0 Å². The summed E-state index contributed by atoms with van der Waals surface area (Å²) in [5, 5.41) is 3.40. The van der Waals surface area contributed by atoms with E-state index >= 15 is 0 Å². The summed E-state index contributed by atoms with van der Waals surface area (Å²) >= 11 is 3.63. The van der Waals surface area contributed by atoms with E-state index in [9.17, 15) is 0 Å². The third-order valence-electron chi connectivity index (χ3n) is 4.06. The lowest BCUT2D eigenvalue weighted by Crippen LogP contribution is -2.43. The predicted molar refractivity (Wildman–Crippen MR) is 75.6 cm³/mol. The van der Waals surface area contributed by atoms with Crippen LogP contribution < -0.4 is 5.32 Å². The van der Waals surface area contributed by atoms with Crippen molar-refractivity contribution in [2.75, 3.05) is 26.2 Å². The molecule has 1 unspecified atom stereocenters. The van der Waals surface area contributed by atoms with Gasteiger partial charge in [-0.2, -0.15) is 0 Å². The first-order valence-electron chi connectivity index (χ1n) is 6.91. The molecule has 0 amide bonds.